The Hall–Kier alpha value is -1.62. The molecule has 2 rings (SSSR count). The van der Waals surface area contributed by atoms with Crippen molar-refractivity contribution in [3.63, 3.8) is 0 Å². The number of halogens is 1. The Kier molecular flexibility index (Phi) is 6.65. The topological polar surface area (TPSA) is 39.7 Å². The zero-order chi connectivity index (χ0) is 15.8. The number of hydrogen-bond acceptors (Lipinski definition) is 2. The van der Waals surface area contributed by atoms with Gasteiger partial charge in [0.15, 0.2) is 5.96 Å². The van der Waals surface area contributed by atoms with Crippen molar-refractivity contribution in [3.8, 4) is 0 Å². The van der Waals surface area contributed by atoms with E-state index in [1.54, 1.807) is 19.2 Å². The van der Waals surface area contributed by atoms with Crippen molar-refractivity contribution in [2.75, 3.05) is 33.2 Å². The smallest absolute Gasteiger partial charge is 0.191 e. The maximum atomic E-state index is 13.1. The Labute approximate surface area is 132 Å². The van der Waals surface area contributed by atoms with Gasteiger partial charge in [0.1, 0.15) is 5.82 Å². The van der Waals surface area contributed by atoms with Crippen molar-refractivity contribution >= 4 is 5.96 Å². The molecule has 1 saturated heterocycles. The first-order valence-corrected chi connectivity index (χ1v) is 8.12. The van der Waals surface area contributed by atoms with Crippen molar-refractivity contribution in [1.82, 2.24) is 15.5 Å². The maximum absolute atomic E-state index is 13.1. The number of rotatable bonds is 6. The van der Waals surface area contributed by atoms with E-state index in [1.807, 2.05) is 6.07 Å². The molecule has 0 aromatic heterocycles. The van der Waals surface area contributed by atoms with Gasteiger partial charge < -0.3 is 15.5 Å². The van der Waals surface area contributed by atoms with Gasteiger partial charge in [0.2, 0.25) is 0 Å². The van der Waals surface area contributed by atoms with Crippen molar-refractivity contribution in [2.45, 2.75) is 26.3 Å². The third-order valence-corrected chi connectivity index (χ3v) is 4.04. The highest BCUT2D eigenvalue weighted by Crippen LogP contribution is 2.15. The van der Waals surface area contributed by atoms with Gasteiger partial charge in [-0.1, -0.05) is 19.1 Å². The molecule has 5 heteroatoms. The minimum Gasteiger partial charge on any atom is -0.356 e. The average Bonchev–Trinajstić information content (AvgIpc) is 2.95. The van der Waals surface area contributed by atoms with E-state index in [1.165, 1.54) is 38.5 Å². The van der Waals surface area contributed by atoms with Gasteiger partial charge in [-0.05, 0) is 49.5 Å². The van der Waals surface area contributed by atoms with Crippen LogP contribution in [-0.2, 0) is 6.54 Å². The number of guanidine groups is 1. The lowest BCUT2D eigenvalue weighted by atomic mass is 10.1. The third-order valence-electron chi connectivity index (χ3n) is 4.04. The van der Waals surface area contributed by atoms with Crippen LogP contribution in [0.4, 0.5) is 4.39 Å². The standard InChI is InChI=1S/C17H27FN4/c1-3-8-22-9-7-15(13-22)12-21-17(19-2)20-11-14-5-4-6-16(18)10-14/h4-6,10,15H,3,7-9,11-13H2,1-2H3,(H2,19,20,21). The molecule has 0 aliphatic carbocycles. The largest absolute Gasteiger partial charge is 0.356 e. The normalized spacial score (nSPS) is 19.4. The van der Waals surface area contributed by atoms with Crippen LogP contribution in [0.1, 0.15) is 25.3 Å². The number of nitrogens with zero attached hydrogens (tertiary/aromatic N) is 2. The molecule has 1 heterocycles. The minimum atomic E-state index is -0.204. The molecule has 0 spiro atoms. The Morgan fingerprint density at radius 1 is 1.41 bits per heavy atom. The molecule has 22 heavy (non-hydrogen) atoms. The predicted octanol–water partition coefficient (Wildman–Crippen LogP) is 2.22. The van der Waals surface area contributed by atoms with Crippen molar-refractivity contribution in [2.24, 2.45) is 10.9 Å². The van der Waals surface area contributed by atoms with Crippen LogP contribution in [0.25, 0.3) is 0 Å². The molecule has 1 unspecified atom stereocenters. The van der Waals surface area contributed by atoms with Gasteiger partial charge in [-0.3, -0.25) is 4.99 Å². The lowest BCUT2D eigenvalue weighted by Gasteiger charge is -2.17. The fourth-order valence-corrected chi connectivity index (χ4v) is 2.89. The fourth-order valence-electron chi connectivity index (χ4n) is 2.89. The van der Waals surface area contributed by atoms with Crippen molar-refractivity contribution < 1.29 is 4.39 Å². The molecule has 0 bridgehead atoms. The molecule has 1 aromatic carbocycles. The summed E-state index contributed by atoms with van der Waals surface area (Å²) in [7, 11) is 1.76. The van der Waals surface area contributed by atoms with E-state index in [4.69, 9.17) is 0 Å². The predicted molar refractivity (Wildman–Crippen MR) is 89.4 cm³/mol. The molecular weight excluding hydrogens is 279 g/mol. The zero-order valence-corrected chi connectivity index (χ0v) is 13.6. The number of benzene rings is 1. The summed E-state index contributed by atoms with van der Waals surface area (Å²) >= 11 is 0. The molecule has 2 N–H and O–H groups in total. The van der Waals surface area contributed by atoms with Crippen molar-refractivity contribution in [1.29, 1.82) is 0 Å². The molecule has 1 atom stereocenters. The second-order valence-corrected chi connectivity index (χ2v) is 5.89. The van der Waals surface area contributed by atoms with Gasteiger partial charge in [0.25, 0.3) is 0 Å². The third kappa shape index (κ3) is 5.30. The summed E-state index contributed by atoms with van der Waals surface area (Å²) in [5, 5.41) is 6.61. The van der Waals surface area contributed by atoms with E-state index >= 15 is 0 Å². The molecule has 0 amide bonds. The zero-order valence-electron chi connectivity index (χ0n) is 13.6. The van der Waals surface area contributed by atoms with E-state index < -0.39 is 0 Å². The summed E-state index contributed by atoms with van der Waals surface area (Å²) < 4.78 is 13.1. The van der Waals surface area contributed by atoms with Gasteiger partial charge in [-0.15, -0.1) is 0 Å². The summed E-state index contributed by atoms with van der Waals surface area (Å²) in [5.74, 6) is 1.25. The Balaban J connectivity index is 1.72. The highest BCUT2D eigenvalue weighted by Gasteiger charge is 2.21. The summed E-state index contributed by atoms with van der Waals surface area (Å²) in [5.41, 5.74) is 0.915. The molecular formula is C17H27FN4. The average molecular weight is 306 g/mol. The second kappa shape index (κ2) is 8.73. The van der Waals surface area contributed by atoms with E-state index in [0.717, 1.165) is 18.1 Å². The highest BCUT2D eigenvalue weighted by molar-refractivity contribution is 5.79. The maximum Gasteiger partial charge on any atom is 0.191 e. The van der Waals surface area contributed by atoms with E-state index in [0.29, 0.717) is 12.5 Å². The van der Waals surface area contributed by atoms with Crippen LogP contribution < -0.4 is 10.6 Å². The van der Waals surface area contributed by atoms with Crippen LogP contribution in [0.5, 0.6) is 0 Å². The van der Waals surface area contributed by atoms with E-state index in [2.05, 4.69) is 27.4 Å². The molecule has 1 aliphatic rings. The molecule has 1 fully saturated rings. The number of nitrogens with one attached hydrogen (secondary N) is 2. The summed E-state index contributed by atoms with van der Waals surface area (Å²) in [6.45, 7) is 7.30. The summed E-state index contributed by atoms with van der Waals surface area (Å²) in [6.07, 6.45) is 2.46. The van der Waals surface area contributed by atoms with Crippen molar-refractivity contribution in [3.05, 3.63) is 35.6 Å². The number of aliphatic imine (C=N–C) groups is 1. The first-order chi connectivity index (χ1) is 10.7. The number of hydrogen-bond donors (Lipinski definition) is 2. The molecule has 122 valence electrons. The summed E-state index contributed by atoms with van der Waals surface area (Å²) in [6, 6.07) is 6.63. The Morgan fingerprint density at radius 3 is 3.00 bits per heavy atom. The molecule has 0 radical (unpaired) electrons. The van der Waals surface area contributed by atoms with Crippen LogP contribution in [0, 0.1) is 11.7 Å². The summed E-state index contributed by atoms with van der Waals surface area (Å²) in [4.78, 5) is 6.75. The van der Waals surface area contributed by atoms with E-state index in [9.17, 15) is 4.39 Å². The van der Waals surface area contributed by atoms with Gasteiger partial charge in [-0.25, -0.2) is 4.39 Å². The molecule has 4 nitrogen and oxygen atoms in total. The van der Waals surface area contributed by atoms with Gasteiger partial charge in [0, 0.05) is 26.7 Å². The number of likely N-dealkylation sites (tertiary alicyclic amines) is 1. The van der Waals surface area contributed by atoms with Crippen LogP contribution in [-0.4, -0.2) is 44.1 Å². The van der Waals surface area contributed by atoms with Crippen LogP contribution in [0.3, 0.4) is 0 Å². The first-order valence-electron chi connectivity index (χ1n) is 8.12. The van der Waals surface area contributed by atoms with Crippen LogP contribution in [0.15, 0.2) is 29.3 Å². The highest BCUT2D eigenvalue weighted by atomic mass is 19.1. The van der Waals surface area contributed by atoms with Crippen LogP contribution >= 0.6 is 0 Å². The Bertz CT molecular complexity index is 489. The SMILES string of the molecule is CCCN1CCC(CNC(=NC)NCc2cccc(F)c2)C1. The monoisotopic (exact) mass is 306 g/mol. The van der Waals surface area contributed by atoms with Gasteiger partial charge in [-0.2, -0.15) is 0 Å². The molecule has 1 aliphatic heterocycles. The molecule has 0 saturated carbocycles. The quantitative estimate of drug-likeness (QED) is 0.625. The second-order valence-electron chi connectivity index (χ2n) is 5.89. The van der Waals surface area contributed by atoms with Gasteiger partial charge >= 0.3 is 0 Å². The minimum absolute atomic E-state index is 0.204. The lowest BCUT2D eigenvalue weighted by Crippen LogP contribution is -2.40. The first kappa shape index (κ1) is 16.7. The van der Waals surface area contributed by atoms with Gasteiger partial charge in [0.05, 0.1) is 0 Å². The fraction of sp³-hybridized carbons (Fsp3) is 0.588. The molecule has 1 aromatic rings. The van der Waals surface area contributed by atoms with E-state index in [-0.39, 0.29) is 5.82 Å². The lowest BCUT2D eigenvalue weighted by molar-refractivity contribution is 0.324. The van der Waals surface area contributed by atoms with Crippen LogP contribution in [0.2, 0.25) is 0 Å². The Morgan fingerprint density at radius 2 is 2.27 bits per heavy atom.